The van der Waals surface area contributed by atoms with Crippen LogP contribution in [0.1, 0.15) is 24.7 Å². The van der Waals surface area contributed by atoms with Crippen LogP contribution in [0.4, 0.5) is 0 Å². The summed E-state index contributed by atoms with van der Waals surface area (Å²) in [4.78, 5) is 0. The summed E-state index contributed by atoms with van der Waals surface area (Å²) < 4.78 is 164. The average molecular weight is 565 g/mol. The number of rotatable bonds is 3. The first-order valence-electron chi connectivity index (χ1n) is 22.3. The van der Waals surface area contributed by atoms with Crippen molar-refractivity contribution in [3.63, 3.8) is 0 Å². The molecular formula is C42H26O. The molecule has 1 heteroatoms. The van der Waals surface area contributed by atoms with E-state index in [1.165, 1.54) is 0 Å². The first kappa shape index (κ1) is 12.3. The van der Waals surface area contributed by atoms with E-state index >= 15 is 0 Å². The van der Waals surface area contributed by atoms with Crippen molar-refractivity contribution in [1.82, 2.24) is 0 Å². The molecule has 0 aliphatic heterocycles. The normalized spacial score (nSPS) is 17.6. The van der Waals surface area contributed by atoms with Gasteiger partial charge >= 0.3 is 0 Å². The molecule has 43 heavy (non-hydrogen) atoms. The van der Waals surface area contributed by atoms with E-state index in [0.717, 1.165) is 0 Å². The maximum Gasteiger partial charge on any atom is 0.143 e. The van der Waals surface area contributed by atoms with Crippen molar-refractivity contribution < 1.29 is 29.1 Å². The van der Waals surface area contributed by atoms with Gasteiger partial charge in [-0.2, -0.15) is 0 Å². The third kappa shape index (κ3) is 3.65. The minimum absolute atomic E-state index is 0.0125. The molecule has 0 N–H and O–H groups in total. The molecule has 0 radical (unpaired) electrons. The Labute approximate surface area is 274 Å². The molecule has 0 fully saturated rings. The van der Waals surface area contributed by atoms with Gasteiger partial charge in [-0.25, -0.2) is 0 Å². The fraction of sp³-hybridized carbons (Fsp3) is 0. The number of furan rings is 1. The molecule has 0 amide bonds. The maximum atomic E-state index is 9.55. The third-order valence-electron chi connectivity index (χ3n) is 7.56. The summed E-state index contributed by atoms with van der Waals surface area (Å²) in [6.07, 6.45) is 0. The van der Waals surface area contributed by atoms with E-state index in [0.29, 0.717) is 21.5 Å². The van der Waals surface area contributed by atoms with E-state index in [2.05, 4.69) is 0 Å². The van der Waals surface area contributed by atoms with Crippen LogP contribution in [0.25, 0.3) is 87.6 Å². The van der Waals surface area contributed by atoms with Crippen molar-refractivity contribution in [2.45, 2.75) is 0 Å². The minimum atomic E-state index is -0.712. The molecule has 0 saturated carbocycles. The Hall–Kier alpha value is -5.66. The van der Waals surface area contributed by atoms with E-state index in [9.17, 15) is 5.48 Å². The molecule has 0 aliphatic rings. The third-order valence-corrected chi connectivity index (χ3v) is 7.56. The number of hydrogen-bond donors (Lipinski definition) is 0. The topological polar surface area (TPSA) is 13.1 Å². The van der Waals surface area contributed by atoms with Crippen molar-refractivity contribution >= 4 is 54.3 Å². The maximum absolute atomic E-state index is 9.55. The lowest BCUT2D eigenvalue weighted by Crippen LogP contribution is -1.91. The Morgan fingerprint density at radius 3 is 1.84 bits per heavy atom. The number of fused-ring (bicyclic) bond motifs is 7. The van der Waals surface area contributed by atoms with E-state index < -0.39 is 120 Å². The van der Waals surface area contributed by atoms with Gasteiger partial charge in [-0.15, -0.1) is 0 Å². The molecule has 1 nitrogen and oxygen atoms in total. The molecular weight excluding hydrogens is 520 g/mol. The van der Waals surface area contributed by atoms with Crippen LogP contribution in [0, 0.1) is 0 Å². The van der Waals surface area contributed by atoms with Gasteiger partial charge < -0.3 is 4.42 Å². The predicted octanol–water partition coefficient (Wildman–Crippen LogP) is 12.0. The highest BCUT2D eigenvalue weighted by atomic mass is 16.3. The molecule has 0 unspecified atom stereocenters. The molecule has 0 bridgehead atoms. The lowest BCUT2D eigenvalue weighted by Gasteiger charge is -2.18. The molecule has 1 aromatic heterocycles. The largest absolute Gasteiger partial charge is 0.455 e. The molecule has 1 heterocycles. The highest BCUT2D eigenvalue weighted by Crippen LogP contribution is 2.47. The van der Waals surface area contributed by atoms with Gasteiger partial charge in [-0.1, -0.05) is 139 Å². The van der Waals surface area contributed by atoms with Crippen molar-refractivity contribution in [2.75, 3.05) is 0 Å². The van der Waals surface area contributed by atoms with Crippen LogP contribution in [0.5, 0.6) is 0 Å². The first-order valence-corrected chi connectivity index (χ1v) is 13.3. The molecule has 200 valence electrons. The number of hydrogen-bond acceptors (Lipinski definition) is 1. The van der Waals surface area contributed by atoms with Crippen molar-refractivity contribution in [3.05, 3.63) is 157 Å². The molecule has 0 spiro atoms. The van der Waals surface area contributed by atoms with Crippen molar-refractivity contribution in [1.29, 1.82) is 0 Å². The standard InChI is InChI=1S/C42H26O/c1-2-12-27(13-3-1)29-15-10-16-30(26-29)39-32-18-6-8-20-34(32)40(35-21-9-7-19-33(35)39)36-22-11-23-38-41(36)37-25-24-28-14-4-5-17-31(28)42(37)43-38/h1-26H/i1D,2D,3D,4D,5D,10D,11D,12D,13D,14D,15D,16D,17D,22D,23D,24D,25D,26D. The zero-order valence-corrected chi connectivity index (χ0v) is 22.0. The van der Waals surface area contributed by atoms with Gasteiger partial charge in [0.15, 0.2) is 0 Å². The van der Waals surface area contributed by atoms with Gasteiger partial charge in [0.1, 0.15) is 11.2 Å². The Bertz CT molecular complexity index is 3430. The molecule has 0 atom stereocenters. The van der Waals surface area contributed by atoms with E-state index in [1.54, 1.807) is 48.5 Å². The zero-order valence-electron chi connectivity index (χ0n) is 40.0. The molecule has 0 saturated heterocycles. The van der Waals surface area contributed by atoms with Crippen LogP contribution in [-0.4, -0.2) is 0 Å². The Morgan fingerprint density at radius 2 is 1.07 bits per heavy atom. The molecule has 9 aromatic rings. The minimum Gasteiger partial charge on any atom is -0.455 e. The van der Waals surface area contributed by atoms with Gasteiger partial charge in [0.25, 0.3) is 0 Å². The second-order valence-electron chi connectivity index (χ2n) is 9.85. The number of benzene rings is 8. The lowest BCUT2D eigenvalue weighted by atomic mass is 9.84. The SMILES string of the molecule is [2H]c1c([2H])c([2H])c(-c2c([2H])c([2H])c([2H])c(-c3c4ccccc4c(-c4c([2H])c([2H])c([2H])c5oc6c7c([2H])c([2H])c([2H])c([2H])c7c([2H])c([2H])c6c45)c4ccccc34)c2[2H])c([2H])c1[2H]. The predicted molar refractivity (Wildman–Crippen MR) is 183 cm³/mol. The average Bonchev–Trinajstić information content (AvgIpc) is 3.65. The van der Waals surface area contributed by atoms with E-state index in [1.807, 2.05) is 0 Å². The van der Waals surface area contributed by atoms with Crippen LogP contribution in [-0.2, 0) is 0 Å². The van der Waals surface area contributed by atoms with Crippen LogP contribution in [0.2, 0.25) is 0 Å². The van der Waals surface area contributed by atoms with Crippen LogP contribution in [0.3, 0.4) is 0 Å². The summed E-state index contributed by atoms with van der Waals surface area (Å²) in [7, 11) is 0. The lowest BCUT2D eigenvalue weighted by molar-refractivity contribution is 0.673. The summed E-state index contributed by atoms with van der Waals surface area (Å²) >= 11 is 0. The monoisotopic (exact) mass is 564 g/mol. The smallest absolute Gasteiger partial charge is 0.143 e. The fourth-order valence-electron chi connectivity index (χ4n) is 5.79. The van der Waals surface area contributed by atoms with Crippen molar-refractivity contribution in [3.8, 4) is 33.4 Å². The summed E-state index contributed by atoms with van der Waals surface area (Å²) in [6, 6.07) is 2.33. The highest BCUT2D eigenvalue weighted by Gasteiger charge is 2.20. The zero-order chi connectivity index (χ0) is 44.0. The molecule has 9 rings (SSSR count). The fourth-order valence-corrected chi connectivity index (χ4v) is 5.79. The molecule has 0 aliphatic carbocycles. The van der Waals surface area contributed by atoms with Gasteiger partial charge in [0.2, 0.25) is 0 Å². The highest BCUT2D eigenvalue weighted by molar-refractivity contribution is 6.27. The van der Waals surface area contributed by atoms with E-state index in [-0.39, 0.29) is 55.0 Å². The summed E-state index contributed by atoms with van der Waals surface area (Å²) in [6.45, 7) is 0. The van der Waals surface area contributed by atoms with Gasteiger partial charge in [0, 0.05) is 16.2 Å². The van der Waals surface area contributed by atoms with Crippen LogP contribution >= 0.6 is 0 Å². The quantitative estimate of drug-likeness (QED) is 0.195. The summed E-state index contributed by atoms with van der Waals surface area (Å²) in [5.41, 5.74) is -1.17. The van der Waals surface area contributed by atoms with Crippen molar-refractivity contribution in [2.24, 2.45) is 0 Å². The first-order chi connectivity index (χ1) is 28.8. The van der Waals surface area contributed by atoms with E-state index in [4.69, 9.17) is 23.6 Å². The Morgan fingerprint density at radius 1 is 0.442 bits per heavy atom. The Balaban J connectivity index is 1.50. The second-order valence-corrected chi connectivity index (χ2v) is 9.85. The van der Waals surface area contributed by atoms with Gasteiger partial charge in [-0.05, 0) is 78.4 Å². The summed E-state index contributed by atoms with van der Waals surface area (Å²) in [5.74, 6) is 0. The van der Waals surface area contributed by atoms with Crippen LogP contribution in [0.15, 0.2) is 162 Å². The molecule has 8 aromatic carbocycles. The van der Waals surface area contributed by atoms with Gasteiger partial charge in [-0.3, -0.25) is 0 Å². The Kier molecular flexibility index (Phi) is 2.70. The van der Waals surface area contributed by atoms with Gasteiger partial charge in [0.05, 0.1) is 24.7 Å². The summed E-state index contributed by atoms with van der Waals surface area (Å²) in [5, 5.41) is 0.714. The second kappa shape index (κ2) is 9.44. The van der Waals surface area contributed by atoms with Crippen LogP contribution < -0.4 is 0 Å².